The van der Waals surface area contributed by atoms with E-state index in [0.29, 0.717) is 12.1 Å². The Kier molecular flexibility index (Phi) is 4.16. The van der Waals surface area contributed by atoms with Crippen LogP contribution in [0.5, 0.6) is 0 Å². The third kappa shape index (κ3) is 3.58. The van der Waals surface area contributed by atoms with E-state index in [2.05, 4.69) is 15.9 Å². The third-order valence-electron chi connectivity index (χ3n) is 3.02. The summed E-state index contributed by atoms with van der Waals surface area (Å²) in [6, 6.07) is 11.6. The predicted octanol–water partition coefficient (Wildman–Crippen LogP) is 3.45. The Labute approximate surface area is 127 Å². The monoisotopic (exact) mass is 335 g/mol. The molecule has 0 saturated heterocycles. The smallest absolute Gasteiger partial charge is 0.253 e. The van der Waals surface area contributed by atoms with Crippen LogP contribution in [0.4, 0.5) is 0 Å². The number of hydrogen-bond acceptors (Lipinski definition) is 2. The Morgan fingerprint density at radius 3 is 2.45 bits per heavy atom. The first-order chi connectivity index (χ1) is 9.26. The van der Waals surface area contributed by atoms with Gasteiger partial charge in [0.05, 0.1) is 5.60 Å². The molecule has 1 N–H and O–H groups in total. The highest BCUT2D eigenvalue weighted by molar-refractivity contribution is 9.10. The maximum absolute atomic E-state index is 12.3. The van der Waals surface area contributed by atoms with Gasteiger partial charge in [-0.2, -0.15) is 0 Å². The lowest BCUT2D eigenvalue weighted by Gasteiger charge is -2.25. The Balaban J connectivity index is 2.29. The van der Waals surface area contributed by atoms with Crippen molar-refractivity contribution in [2.24, 2.45) is 0 Å². The molecule has 0 aliphatic rings. The van der Waals surface area contributed by atoms with E-state index in [1.807, 2.05) is 36.4 Å². The minimum atomic E-state index is -0.897. The summed E-state index contributed by atoms with van der Waals surface area (Å²) in [5.74, 6) is -0.0862. The van der Waals surface area contributed by atoms with Crippen molar-refractivity contribution in [3.05, 3.63) is 46.4 Å². The Morgan fingerprint density at radius 2 is 1.80 bits per heavy atom. The summed E-state index contributed by atoms with van der Waals surface area (Å²) < 4.78 is 1.02. The van der Waals surface area contributed by atoms with Crippen molar-refractivity contribution in [2.45, 2.75) is 19.4 Å². The number of aliphatic hydroxyl groups is 1. The fourth-order valence-corrected chi connectivity index (χ4v) is 2.60. The Morgan fingerprint density at radius 1 is 1.20 bits per heavy atom. The van der Waals surface area contributed by atoms with Crippen molar-refractivity contribution in [3.8, 4) is 0 Å². The lowest BCUT2D eigenvalue weighted by atomic mass is 10.1. The molecule has 0 heterocycles. The molecule has 2 aromatic rings. The molecular weight excluding hydrogens is 318 g/mol. The number of carbonyl (C=O) groups excluding carboxylic acids is 1. The van der Waals surface area contributed by atoms with Gasteiger partial charge in [0, 0.05) is 23.6 Å². The summed E-state index contributed by atoms with van der Waals surface area (Å²) in [7, 11) is 1.70. The SMILES string of the molecule is CN(CC(C)(C)O)C(=O)c1ccc2cc(Br)ccc2c1. The van der Waals surface area contributed by atoms with Gasteiger partial charge < -0.3 is 10.0 Å². The Bertz CT molecular complexity index is 646. The minimum absolute atomic E-state index is 0.0862. The van der Waals surface area contributed by atoms with Gasteiger partial charge in [0.1, 0.15) is 0 Å². The van der Waals surface area contributed by atoms with Crippen molar-refractivity contribution in [1.82, 2.24) is 4.90 Å². The molecule has 0 unspecified atom stereocenters. The van der Waals surface area contributed by atoms with Gasteiger partial charge in [0.15, 0.2) is 0 Å². The first-order valence-corrected chi connectivity index (χ1v) is 7.23. The van der Waals surface area contributed by atoms with E-state index in [-0.39, 0.29) is 5.91 Å². The molecule has 0 aliphatic carbocycles. The van der Waals surface area contributed by atoms with Crippen LogP contribution < -0.4 is 0 Å². The summed E-state index contributed by atoms with van der Waals surface area (Å²) in [4.78, 5) is 13.9. The summed E-state index contributed by atoms with van der Waals surface area (Å²) in [5, 5.41) is 11.9. The molecule has 0 radical (unpaired) electrons. The van der Waals surface area contributed by atoms with E-state index in [0.717, 1.165) is 15.2 Å². The second-order valence-corrected chi connectivity index (χ2v) is 6.60. The predicted molar refractivity (Wildman–Crippen MR) is 84.9 cm³/mol. The standard InChI is InChI=1S/C16H18BrNO2/c1-16(2,20)10-18(3)15(19)13-5-4-12-9-14(17)7-6-11(12)8-13/h4-9,20H,10H2,1-3H3. The van der Waals surface area contributed by atoms with Crippen LogP contribution in [-0.2, 0) is 0 Å². The highest BCUT2D eigenvalue weighted by Gasteiger charge is 2.20. The van der Waals surface area contributed by atoms with Crippen molar-refractivity contribution >= 4 is 32.6 Å². The van der Waals surface area contributed by atoms with Crippen molar-refractivity contribution in [3.63, 3.8) is 0 Å². The van der Waals surface area contributed by atoms with E-state index in [1.165, 1.54) is 0 Å². The zero-order valence-corrected chi connectivity index (χ0v) is 13.4. The number of carbonyl (C=O) groups is 1. The average Bonchev–Trinajstić information content (AvgIpc) is 2.35. The van der Waals surface area contributed by atoms with Crippen LogP contribution in [-0.4, -0.2) is 35.1 Å². The van der Waals surface area contributed by atoms with Gasteiger partial charge in [-0.1, -0.05) is 28.1 Å². The molecular formula is C16H18BrNO2. The first kappa shape index (κ1) is 15.0. The fraction of sp³-hybridized carbons (Fsp3) is 0.312. The zero-order valence-electron chi connectivity index (χ0n) is 11.9. The topological polar surface area (TPSA) is 40.5 Å². The molecule has 2 rings (SSSR count). The van der Waals surface area contributed by atoms with Crippen LogP contribution in [0.15, 0.2) is 40.9 Å². The fourth-order valence-electron chi connectivity index (χ4n) is 2.22. The largest absolute Gasteiger partial charge is 0.389 e. The van der Waals surface area contributed by atoms with Crippen molar-refractivity contribution in [1.29, 1.82) is 0 Å². The molecule has 0 saturated carbocycles. The second-order valence-electron chi connectivity index (χ2n) is 5.68. The lowest BCUT2D eigenvalue weighted by Crippen LogP contribution is -2.39. The number of halogens is 1. The molecule has 0 spiro atoms. The maximum atomic E-state index is 12.3. The molecule has 3 nitrogen and oxygen atoms in total. The summed E-state index contributed by atoms with van der Waals surface area (Å²) in [6.07, 6.45) is 0. The van der Waals surface area contributed by atoms with Crippen molar-refractivity contribution in [2.75, 3.05) is 13.6 Å². The summed E-state index contributed by atoms with van der Waals surface area (Å²) in [5.41, 5.74) is -0.266. The normalized spacial score (nSPS) is 11.7. The molecule has 0 atom stereocenters. The highest BCUT2D eigenvalue weighted by Crippen LogP contribution is 2.21. The van der Waals surface area contributed by atoms with E-state index in [9.17, 15) is 9.90 Å². The summed E-state index contributed by atoms with van der Waals surface area (Å²) >= 11 is 3.43. The van der Waals surface area contributed by atoms with Gasteiger partial charge in [0.2, 0.25) is 0 Å². The van der Waals surface area contributed by atoms with Gasteiger partial charge in [-0.15, -0.1) is 0 Å². The molecule has 2 aromatic carbocycles. The zero-order chi connectivity index (χ0) is 14.9. The van der Waals surface area contributed by atoms with Crippen LogP contribution >= 0.6 is 15.9 Å². The number of nitrogens with zero attached hydrogens (tertiary/aromatic N) is 1. The lowest BCUT2D eigenvalue weighted by molar-refractivity contribution is 0.0368. The third-order valence-corrected chi connectivity index (χ3v) is 3.51. The van der Waals surface area contributed by atoms with Crippen LogP contribution in [0.25, 0.3) is 10.8 Å². The average molecular weight is 336 g/mol. The second kappa shape index (κ2) is 5.54. The number of rotatable bonds is 3. The number of amides is 1. The van der Waals surface area contributed by atoms with Crippen LogP contribution in [0.3, 0.4) is 0 Å². The molecule has 0 aromatic heterocycles. The van der Waals surface area contributed by atoms with Gasteiger partial charge >= 0.3 is 0 Å². The Hall–Kier alpha value is -1.39. The van der Waals surface area contributed by atoms with Crippen molar-refractivity contribution < 1.29 is 9.90 Å². The molecule has 0 bridgehead atoms. The highest BCUT2D eigenvalue weighted by atomic mass is 79.9. The molecule has 0 fully saturated rings. The maximum Gasteiger partial charge on any atom is 0.253 e. The van der Waals surface area contributed by atoms with Crippen LogP contribution in [0.2, 0.25) is 0 Å². The quantitative estimate of drug-likeness (QED) is 0.933. The van der Waals surface area contributed by atoms with Gasteiger partial charge in [0.25, 0.3) is 5.91 Å². The molecule has 106 valence electrons. The van der Waals surface area contributed by atoms with Gasteiger partial charge in [-0.25, -0.2) is 0 Å². The molecule has 20 heavy (non-hydrogen) atoms. The van der Waals surface area contributed by atoms with Gasteiger partial charge in [-0.3, -0.25) is 4.79 Å². The van der Waals surface area contributed by atoms with Crippen LogP contribution in [0.1, 0.15) is 24.2 Å². The van der Waals surface area contributed by atoms with E-state index >= 15 is 0 Å². The number of likely N-dealkylation sites (N-methyl/N-ethyl adjacent to an activating group) is 1. The molecule has 0 aliphatic heterocycles. The number of fused-ring (bicyclic) bond motifs is 1. The van der Waals surface area contributed by atoms with Crippen LogP contribution in [0, 0.1) is 0 Å². The summed E-state index contributed by atoms with van der Waals surface area (Å²) in [6.45, 7) is 3.67. The van der Waals surface area contributed by atoms with E-state index < -0.39 is 5.60 Å². The molecule has 4 heteroatoms. The minimum Gasteiger partial charge on any atom is -0.389 e. The van der Waals surface area contributed by atoms with E-state index in [1.54, 1.807) is 25.8 Å². The van der Waals surface area contributed by atoms with E-state index in [4.69, 9.17) is 0 Å². The number of benzene rings is 2. The first-order valence-electron chi connectivity index (χ1n) is 6.43. The van der Waals surface area contributed by atoms with Gasteiger partial charge in [-0.05, 0) is 48.9 Å². The molecule has 1 amide bonds. The number of hydrogen-bond donors (Lipinski definition) is 1.